The first-order chi connectivity index (χ1) is 7.23. The van der Waals surface area contributed by atoms with Crippen molar-refractivity contribution in [1.29, 1.82) is 0 Å². The summed E-state index contributed by atoms with van der Waals surface area (Å²) in [6, 6.07) is 0. The zero-order valence-corrected chi connectivity index (χ0v) is 10.3. The molecule has 0 aromatic carbocycles. The maximum atomic E-state index is 10.7. The van der Waals surface area contributed by atoms with Crippen LogP contribution >= 0.6 is 11.8 Å². The van der Waals surface area contributed by atoms with Crippen molar-refractivity contribution in [3.8, 4) is 0 Å². The van der Waals surface area contributed by atoms with Gasteiger partial charge in [0.2, 0.25) is 0 Å². The molecule has 2 heteroatoms. The summed E-state index contributed by atoms with van der Waals surface area (Å²) in [5, 5.41) is 12.3. The topological polar surface area (TPSA) is 20.2 Å². The second-order valence-electron chi connectivity index (χ2n) is 5.94. The van der Waals surface area contributed by atoms with E-state index in [0.29, 0.717) is 0 Å². The fourth-order valence-electron chi connectivity index (χ4n) is 3.93. The molecule has 3 rings (SSSR count). The first kappa shape index (κ1) is 10.5. The van der Waals surface area contributed by atoms with Gasteiger partial charge in [0.15, 0.2) is 0 Å². The zero-order chi connectivity index (χ0) is 10.3. The number of rotatable bonds is 2. The Morgan fingerprint density at radius 2 is 1.60 bits per heavy atom. The number of fused-ring (bicyclic) bond motifs is 2. The summed E-state index contributed by atoms with van der Waals surface area (Å²) in [5.41, 5.74) is -0.272. The Hall–Kier alpha value is 0.310. The Morgan fingerprint density at radius 3 is 2.20 bits per heavy atom. The molecule has 2 aliphatic heterocycles. The summed E-state index contributed by atoms with van der Waals surface area (Å²) < 4.78 is 0. The molecular weight excluding hydrogens is 204 g/mol. The van der Waals surface area contributed by atoms with Gasteiger partial charge in [-0.1, -0.05) is 25.7 Å². The molecule has 15 heavy (non-hydrogen) atoms. The highest BCUT2D eigenvalue weighted by Crippen LogP contribution is 2.50. The van der Waals surface area contributed by atoms with E-state index in [-0.39, 0.29) is 5.60 Å². The molecule has 2 saturated heterocycles. The summed E-state index contributed by atoms with van der Waals surface area (Å²) in [6.07, 6.45) is 11.6. The van der Waals surface area contributed by atoms with Crippen LogP contribution in [0.1, 0.15) is 57.8 Å². The standard InChI is InChI=1S/C13H22OS/c14-13(7-10-3-1-2-4-10)8-11-5-6-12(9-13)15-11/h10-12,14H,1-9H2. The zero-order valence-electron chi connectivity index (χ0n) is 9.45. The number of thioether (sulfide) groups is 1. The molecule has 0 aromatic heterocycles. The van der Waals surface area contributed by atoms with Crippen molar-refractivity contribution in [1.82, 2.24) is 0 Å². The van der Waals surface area contributed by atoms with Crippen molar-refractivity contribution >= 4 is 11.8 Å². The number of hydrogen-bond acceptors (Lipinski definition) is 2. The molecule has 86 valence electrons. The normalized spacial score (nSPS) is 46.2. The highest BCUT2D eigenvalue weighted by Gasteiger charge is 2.44. The minimum atomic E-state index is -0.272. The molecule has 0 spiro atoms. The molecule has 2 heterocycles. The Labute approximate surface area is 97.0 Å². The molecule has 0 radical (unpaired) electrons. The Balaban J connectivity index is 1.63. The molecule has 0 amide bonds. The fraction of sp³-hybridized carbons (Fsp3) is 1.00. The Bertz CT molecular complexity index is 223. The van der Waals surface area contributed by atoms with Crippen LogP contribution < -0.4 is 0 Å². The molecule has 2 atom stereocenters. The van der Waals surface area contributed by atoms with Crippen LogP contribution in [0.4, 0.5) is 0 Å². The molecule has 0 aromatic rings. The van der Waals surface area contributed by atoms with E-state index in [4.69, 9.17) is 0 Å². The molecule has 1 nitrogen and oxygen atoms in total. The largest absolute Gasteiger partial charge is 0.390 e. The molecule has 3 aliphatic rings. The van der Waals surface area contributed by atoms with Gasteiger partial charge in [-0.2, -0.15) is 11.8 Å². The summed E-state index contributed by atoms with van der Waals surface area (Å²) in [4.78, 5) is 0. The molecule has 1 saturated carbocycles. The highest BCUT2D eigenvalue weighted by molar-refractivity contribution is 8.00. The van der Waals surface area contributed by atoms with Crippen LogP contribution in [0.2, 0.25) is 0 Å². The van der Waals surface area contributed by atoms with Gasteiger partial charge in [0.05, 0.1) is 5.60 Å². The van der Waals surface area contributed by atoms with Gasteiger partial charge in [-0.15, -0.1) is 0 Å². The van der Waals surface area contributed by atoms with Gasteiger partial charge in [0, 0.05) is 10.5 Å². The monoisotopic (exact) mass is 226 g/mol. The first-order valence-corrected chi connectivity index (χ1v) is 7.56. The smallest absolute Gasteiger partial charge is 0.0671 e. The van der Waals surface area contributed by atoms with Gasteiger partial charge >= 0.3 is 0 Å². The maximum absolute atomic E-state index is 10.7. The summed E-state index contributed by atoms with van der Waals surface area (Å²) in [5.74, 6) is 0.845. The molecule has 3 fully saturated rings. The lowest BCUT2D eigenvalue weighted by Crippen LogP contribution is -2.38. The van der Waals surface area contributed by atoms with E-state index < -0.39 is 0 Å². The number of aliphatic hydroxyl groups is 1. The second kappa shape index (κ2) is 3.96. The quantitative estimate of drug-likeness (QED) is 0.779. The third-order valence-electron chi connectivity index (χ3n) is 4.55. The van der Waals surface area contributed by atoms with E-state index in [0.717, 1.165) is 35.7 Å². The lowest BCUT2D eigenvalue weighted by atomic mass is 9.83. The fourth-order valence-corrected chi connectivity index (χ4v) is 5.83. The molecule has 1 N–H and O–H groups in total. The van der Waals surface area contributed by atoms with Crippen molar-refractivity contribution in [2.75, 3.05) is 0 Å². The van der Waals surface area contributed by atoms with Crippen LogP contribution in [0.25, 0.3) is 0 Å². The minimum Gasteiger partial charge on any atom is -0.390 e. The number of hydrogen-bond donors (Lipinski definition) is 1. The van der Waals surface area contributed by atoms with Gasteiger partial charge in [0.1, 0.15) is 0 Å². The van der Waals surface area contributed by atoms with E-state index >= 15 is 0 Å². The van der Waals surface area contributed by atoms with Crippen molar-refractivity contribution in [3.63, 3.8) is 0 Å². The first-order valence-electron chi connectivity index (χ1n) is 6.61. The SMILES string of the molecule is OC1(CC2CCCC2)CC2CCC(C1)S2. The molecule has 2 bridgehead atoms. The third kappa shape index (κ3) is 2.21. The van der Waals surface area contributed by atoms with E-state index in [9.17, 15) is 5.11 Å². The molecular formula is C13H22OS. The van der Waals surface area contributed by atoms with Crippen molar-refractivity contribution in [2.24, 2.45) is 5.92 Å². The Morgan fingerprint density at radius 1 is 1.00 bits per heavy atom. The van der Waals surface area contributed by atoms with Gasteiger partial charge in [-0.25, -0.2) is 0 Å². The van der Waals surface area contributed by atoms with E-state index in [1.165, 1.54) is 38.5 Å². The van der Waals surface area contributed by atoms with Crippen LogP contribution in [-0.4, -0.2) is 21.2 Å². The van der Waals surface area contributed by atoms with Crippen molar-refractivity contribution in [3.05, 3.63) is 0 Å². The highest BCUT2D eigenvalue weighted by atomic mass is 32.2. The predicted octanol–water partition coefficient (Wildman–Crippen LogP) is 3.36. The lowest BCUT2D eigenvalue weighted by molar-refractivity contribution is 0.000936. The van der Waals surface area contributed by atoms with Crippen LogP contribution in [0.3, 0.4) is 0 Å². The average Bonchev–Trinajstić information content (AvgIpc) is 2.76. The van der Waals surface area contributed by atoms with Crippen molar-refractivity contribution in [2.45, 2.75) is 73.9 Å². The second-order valence-corrected chi connectivity index (χ2v) is 7.55. The lowest BCUT2D eigenvalue weighted by Gasteiger charge is -2.37. The van der Waals surface area contributed by atoms with Crippen LogP contribution in [0, 0.1) is 5.92 Å². The van der Waals surface area contributed by atoms with E-state index in [2.05, 4.69) is 11.8 Å². The van der Waals surface area contributed by atoms with Crippen molar-refractivity contribution < 1.29 is 5.11 Å². The van der Waals surface area contributed by atoms with Gasteiger partial charge in [0.25, 0.3) is 0 Å². The van der Waals surface area contributed by atoms with Gasteiger partial charge < -0.3 is 5.11 Å². The summed E-state index contributed by atoms with van der Waals surface area (Å²) in [6.45, 7) is 0. The molecule has 1 aliphatic carbocycles. The van der Waals surface area contributed by atoms with Gasteiger partial charge in [-0.05, 0) is 38.0 Å². The van der Waals surface area contributed by atoms with Crippen LogP contribution in [0.5, 0.6) is 0 Å². The summed E-state index contributed by atoms with van der Waals surface area (Å²) >= 11 is 2.15. The van der Waals surface area contributed by atoms with Crippen LogP contribution in [0.15, 0.2) is 0 Å². The average molecular weight is 226 g/mol. The summed E-state index contributed by atoms with van der Waals surface area (Å²) in [7, 11) is 0. The van der Waals surface area contributed by atoms with Crippen LogP contribution in [-0.2, 0) is 0 Å². The van der Waals surface area contributed by atoms with Gasteiger partial charge in [-0.3, -0.25) is 0 Å². The minimum absolute atomic E-state index is 0.272. The molecule has 2 unspecified atom stereocenters. The maximum Gasteiger partial charge on any atom is 0.0671 e. The van der Waals surface area contributed by atoms with E-state index in [1.54, 1.807) is 0 Å². The van der Waals surface area contributed by atoms with E-state index in [1.807, 2.05) is 0 Å². The predicted molar refractivity (Wildman–Crippen MR) is 65.2 cm³/mol. The third-order valence-corrected chi connectivity index (χ3v) is 6.13. The Kier molecular flexibility index (Phi) is 2.76.